The first kappa shape index (κ1) is 17.0. The van der Waals surface area contributed by atoms with Crippen LogP contribution in [0, 0.1) is 0 Å². The second-order valence-corrected chi connectivity index (χ2v) is 2.54. The summed E-state index contributed by atoms with van der Waals surface area (Å²) < 4.78 is 0. The zero-order chi connectivity index (χ0) is 11.5. The highest BCUT2D eigenvalue weighted by molar-refractivity contribution is 5.76. The van der Waals surface area contributed by atoms with Crippen LogP contribution < -0.4 is 0 Å². The fraction of sp³-hybridized carbons (Fsp3) is 0.400. The molecular weight excluding hydrogens is 194 g/mol. The Labute approximate surface area is 101 Å². The molecule has 0 radical (unpaired) electrons. The highest BCUT2D eigenvalue weighted by atomic mass is 14.7. The van der Waals surface area contributed by atoms with Crippen LogP contribution in [0.3, 0.4) is 0 Å². The van der Waals surface area contributed by atoms with Crippen LogP contribution in [0.1, 0.15) is 40.7 Å². The molecule has 90 valence electrons. The summed E-state index contributed by atoms with van der Waals surface area (Å²) in [6.45, 7) is 8.00. The van der Waals surface area contributed by atoms with Crippen LogP contribution in [0.5, 0.6) is 0 Å². The van der Waals surface area contributed by atoms with E-state index in [0.29, 0.717) is 0 Å². The Bertz CT molecular complexity index is 311. The second-order valence-electron chi connectivity index (χ2n) is 2.54. The van der Waals surface area contributed by atoms with Gasteiger partial charge >= 0.3 is 0 Å². The van der Waals surface area contributed by atoms with Gasteiger partial charge in [-0.2, -0.15) is 0 Å². The first-order valence-electron chi connectivity index (χ1n) is 5.74. The maximum atomic E-state index is 4.27. The van der Waals surface area contributed by atoms with Crippen LogP contribution in [-0.4, -0.2) is 6.21 Å². The predicted octanol–water partition coefficient (Wildman–Crippen LogP) is 5.19. The molecule has 0 fully saturated rings. The van der Waals surface area contributed by atoms with E-state index in [1.54, 1.807) is 0 Å². The number of nitrogens with zero attached hydrogens (tertiary/aromatic N) is 1. The van der Waals surface area contributed by atoms with Crippen molar-refractivity contribution < 1.29 is 0 Å². The molecule has 0 spiro atoms. The topological polar surface area (TPSA) is 12.4 Å². The van der Waals surface area contributed by atoms with E-state index in [2.05, 4.69) is 17.1 Å². The Hall–Kier alpha value is -1.37. The monoisotopic (exact) mass is 219 g/mol. The van der Waals surface area contributed by atoms with E-state index in [9.17, 15) is 0 Å². The number of aliphatic imine (C=N–C) groups is 1. The molecule has 1 heterocycles. The summed E-state index contributed by atoms with van der Waals surface area (Å²) >= 11 is 0. The number of rotatable bonds is 0. The smallest absolute Gasteiger partial charge is 0.0664 e. The van der Waals surface area contributed by atoms with Crippen molar-refractivity contribution in [1.82, 2.24) is 0 Å². The van der Waals surface area contributed by atoms with Gasteiger partial charge in [-0.15, -0.1) is 0 Å². The van der Waals surface area contributed by atoms with Crippen LogP contribution in [0.4, 0.5) is 5.69 Å². The molecule has 2 rings (SSSR count). The van der Waals surface area contributed by atoms with Crippen molar-refractivity contribution in [3.8, 4) is 0 Å². The Morgan fingerprint density at radius 3 is 2.31 bits per heavy atom. The quantitative estimate of drug-likeness (QED) is 0.569. The van der Waals surface area contributed by atoms with Gasteiger partial charge in [0.05, 0.1) is 5.69 Å². The van der Waals surface area contributed by atoms with E-state index < -0.39 is 0 Å². The van der Waals surface area contributed by atoms with Crippen LogP contribution >= 0.6 is 0 Å². The summed E-state index contributed by atoms with van der Waals surface area (Å²) in [5.41, 5.74) is 2.40. The third-order valence-corrected chi connectivity index (χ3v) is 1.77. The molecule has 0 aliphatic carbocycles. The van der Waals surface area contributed by atoms with Crippen LogP contribution in [0.15, 0.2) is 41.4 Å². The maximum absolute atomic E-state index is 4.27. The molecule has 16 heavy (non-hydrogen) atoms. The zero-order valence-electron chi connectivity index (χ0n) is 10.2. The Morgan fingerprint density at radius 1 is 1.00 bits per heavy atom. The summed E-state index contributed by atoms with van der Waals surface area (Å²) in [5.74, 6) is 0. The Morgan fingerprint density at radius 2 is 1.62 bits per heavy atom. The SMILES string of the molecule is C.C1=CCc2ccccc2N=C1.CC.CC. The second kappa shape index (κ2) is 11.7. The zero-order valence-corrected chi connectivity index (χ0v) is 10.2. The van der Waals surface area contributed by atoms with E-state index in [1.807, 2.05) is 58.2 Å². The fourth-order valence-corrected chi connectivity index (χ4v) is 1.19. The number of fused-ring (bicyclic) bond motifs is 1. The molecule has 0 unspecified atom stereocenters. The summed E-state index contributed by atoms with van der Waals surface area (Å²) in [4.78, 5) is 4.27. The molecule has 1 nitrogen and oxygen atoms in total. The molecule has 1 aliphatic rings. The molecule has 1 aromatic rings. The minimum absolute atomic E-state index is 0. The van der Waals surface area contributed by atoms with Gasteiger partial charge in [0.15, 0.2) is 0 Å². The summed E-state index contributed by atoms with van der Waals surface area (Å²) in [6, 6.07) is 8.22. The van der Waals surface area contributed by atoms with Gasteiger partial charge in [-0.05, 0) is 24.1 Å². The van der Waals surface area contributed by atoms with E-state index in [0.717, 1.165) is 12.1 Å². The summed E-state index contributed by atoms with van der Waals surface area (Å²) in [5, 5.41) is 0. The van der Waals surface area contributed by atoms with Crippen molar-refractivity contribution in [3.05, 3.63) is 42.0 Å². The van der Waals surface area contributed by atoms with Crippen molar-refractivity contribution in [3.63, 3.8) is 0 Å². The van der Waals surface area contributed by atoms with Crippen molar-refractivity contribution in [2.24, 2.45) is 4.99 Å². The first-order chi connectivity index (χ1) is 7.47. The maximum Gasteiger partial charge on any atom is 0.0664 e. The molecule has 1 heteroatoms. The Kier molecular flexibility index (Phi) is 12.5. The van der Waals surface area contributed by atoms with E-state index >= 15 is 0 Å². The van der Waals surface area contributed by atoms with E-state index in [1.165, 1.54) is 5.56 Å². The highest BCUT2D eigenvalue weighted by Gasteiger charge is 1.97. The average Bonchev–Trinajstić information content (AvgIpc) is 2.59. The normalized spacial score (nSPS) is 10.5. The number of benzene rings is 1. The molecule has 1 aromatic carbocycles. The lowest BCUT2D eigenvalue weighted by Gasteiger charge is -1.98. The van der Waals surface area contributed by atoms with Crippen LogP contribution in [-0.2, 0) is 6.42 Å². The van der Waals surface area contributed by atoms with Gasteiger partial charge in [0.25, 0.3) is 0 Å². The predicted molar refractivity (Wildman–Crippen MR) is 76.9 cm³/mol. The third-order valence-electron chi connectivity index (χ3n) is 1.77. The Balaban J connectivity index is 0. The fourth-order valence-electron chi connectivity index (χ4n) is 1.19. The van der Waals surface area contributed by atoms with Gasteiger partial charge in [-0.3, -0.25) is 4.99 Å². The van der Waals surface area contributed by atoms with Crippen molar-refractivity contribution in [2.45, 2.75) is 41.5 Å². The summed E-state index contributed by atoms with van der Waals surface area (Å²) in [6.07, 6.45) is 6.94. The first-order valence-corrected chi connectivity index (χ1v) is 5.74. The lowest BCUT2D eigenvalue weighted by Crippen LogP contribution is -1.78. The van der Waals surface area contributed by atoms with Crippen molar-refractivity contribution >= 4 is 11.9 Å². The third kappa shape index (κ3) is 5.50. The minimum atomic E-state index is 0. The molecule has 0 bridgehead atoms. The van der Waals surface area contributed by atoms with Crippen molar-refractivity contribution in [2.75, 3.05) is 0 Å². The summed E-state index contributed by atoms with van der Waals surface area (Å²) in [7, 11) is 0. The number of hydrogen-bond acceptors (Lipinski definition) is 1. The van der Waals surface area contributed by atoms with Gasteiger partial charge in [0.2, 0.25) is 0 Å². The van der Waals surface area contributed by atoms with Crippen LogP contribution in [0.25, 0.3) is 0 Å². The minimum Gasteiger partial charge on any atom is -0.257 e. The van der Waals surface area contributed by atoms with Gasteiger partial charge in [0, 0.05) is 6.21 Å². The van der Waals surface area contributed by atoms with E-state index in [4.69, 9.17) is 0 Å². The van der Waals surface area contributed by atoms with Gasteiger partial charge < -0.3 is 0 Å². The van der Waals surface area contributed by atoms with E-state index in [-0.39, 0.29) is 7.43 Å². The standard InChI is InChI=1S/C10H9N.2C2H6.CH4/c1-2-7-10-9(5-1)6-3-4-8-11-10;2*1-2;/h1-5,7-8H,6H2;2*1-2H3;1H4. The molecule has 0 aromatic heterocycles. The van der Waals surface area contributed by atoms with Gasteiger partial charge in [-0.25, -0.2) is 0 Å². The van der Waals surface area contributed by atoms with Crippen LogP contribution in [0.2, 0.25) is 0 Å². The molecule has 0 amide bonds. The molecule has 0 saturated heterocycles. The molecule has 0 N–H and O–H groups in total. The van der Waals surface area contributed by atoms with Crippen molar-refractivity contribution in [1.29, 1.82) is 0 Å². The van der Waals surface area contributed by atoms with Gasteiger partial charge in [0.1, 0.15) is 0 Å². The number of para-hydroxylation sites is 1. The lowest BCUT2D eigenvalue weighted by molar-refractivity contribution is 1.27. The lowest BCUT2D eigenvalue weighted by atomic mass is 10.1. The highest BCUT2D eigenvalue weighted by Crippen LogP contribution is 2.20. The largest absolute Gasteiger partial charge is 0.257 e. The average molecular weight is 219 g/mol. The number of hydrogen-bond donors (Lipinski definition) is 0. The van der Waals surface area contributed by atoms with Gasteiger partial charge in [-0.1, -0.05) is 59.4 Å². The molecular formula is C15H25N. The molecule has 0 saturated carbocycles. The number of allylic oxidation sites excluding steroid dienone is 2. The molecule has 0 atom stereocenters. The molecule has 1 aliphatic heterocycles.